The Bertz CT molecular complexity index is 865. The van der Waals surface area contributed by atoms with Crippen LogP contribution in [0.15, 0.2) is 48.5 Å². The van der Waals surface area contributed by atoms with Crippen molar-refractivity contribution in [3.05, 3.63) is 59.8 Å². The van der Waals surface area contributed by atoms with E-state index in [1.807, 2.05) is 55.5 Å². The first-order valence-corrected chi connectivity index (χ1v) is 7.07. The van der Waals surface area contributed by atoms with E-state index in [0.717, 1.165) is 22.4 Å². The summed E-state index contributed by atoms with van der Waals surface area (Å²) in [4.78, 5) is 4.34. The van der Waals surface area contributed by atoms with E-state index in [-0.39, 0.29) is 5.69 Å². The van der Waals surface area contributed by atoms with Crippen LogP contribution in [0.4, 0.5) is 0 Å². The fourth-order valence-electron chi connectivity index (χ4n) is 2.17. The number of nitrogens with zero attached hydrogens (tertiary/aromatic N) is 4. The molecule has 0 fully saturated rings. The Morgan fingerprint density at radius 1 is 0.913 bits per heavy atom. The van der Waals surface area contributed by atoms with Gasteiger partial charge in [-0.2, -0.15) is 5.26 Å². The smallest absolute Gasteiger partial charge is 0.183 e. The van der Waals surface area contributed by atoms with Crippen LogP contribution in [0.1, 0.15) is 11.3 Å². The molecule has 0 aliphatic heterocycles. The average Bonchev–Trinajstić information content (AvgIpc) is 2.62. The number of aryl methyl sites for hydroxylation is 1. The van der Waals surface area contributed by atoms with Crippen LogP contribution < -0.4 is 4.74 Å². The summed E-state index contributed by atoms with van der Waals surface area (Å²) in [6.07, 6.45) is 0. The maximum absolute atomic E-state index is 9.39. The van der Waals surface area contributed by atoms with E-state index >= 15 is 0 Å². The molecule has 5 heteroatoms. The standard InChI is InChI=1S/C18H14N4O/c1-12-3-5-13(6-4-12)17-16(11-19)20-18(22-21-17)14-7-9-15(23-2)10-8-14/h3-10H,1-2H3. The predicted molar refractivity (Wildman–Crippen MR) is 86.7 cm³/mol. The summed E-state index contributed by atoms with van der Waals surface area (Å²) in [5.41, 5.74) is 3.50. The lowest BCUT2D eigenvalue weighted by Crippen LogP contribution is -2.00. The largest absolute Gasteiger partial charge is 0.497 e. The van der Waals surface area contributed by atoms with Crippen LogP contribution in [-0.2, 0) is 0 Å². The topological polar surface area (TPSA) is 71.7 Å². The molecule has 0 amide bonds. The first-order valence-electron chi connectivity index (χ1n) is 7.07. The minimum absolute atomic E-state index is 0.259. The van der Waals surface area contributed by atoms with Gasteiger partial charge < -0.3 is 4.74 Å². The third kappa shape index (κ3) is 3.01. The van der Waals surface area contributed by atoms with Crippen LogP contribution >= 0.6 is 0 Å². The molecule has 3 aromatic rings. The maximum Gasteiger partial charge on any atom is 0.183 e. The Hall–Kier alpha value is -3.26. The van der Waals surface area contributed by atoms with Gasteiger partial charge in [0.25, 0.3) is 0 Å². The molecule has 1 aromatic heterocycles. The van der Waals surface area contributed by atoms with E-state index in [4.69, 9.17) is 4.74 Å². The Kier molecular flexibility index (Phi) is 3.98. The Morgan fingerprint density at radius 3 is 2.17 bits per heavy atom. The first kappa shape index (κ1) is 14.7. The van der Waals surface area contributed by atoms with Gasteiger partial charge in [0.2, 0.25) is 0 Å². The van der Waals surface area contributed by atoms with Crippen molar-refractivity contribution in [2.45, 2.75) is 6.92 Å². The lowest BCUT2D eigenvalue weighted by atomic mass is 10.1. The lowest BCUT2D eigenvalue weighted by Gasteiger charge is -2.05. The number of hydrogen-bond acceptors (Lipinski definition) is 5. The molecule has 5 nitrogen and oxygen atoms in total. The van der Waals surface area contributed by atoms with Gasteiger partial charge in [-0.1, -0.05) is 29.8 Å². The highest BCUT2D eigenvalue weighted by atomic mass is 16.5. The van der Waals surface area contributed by atoms with E-state index in [1.54, 1.807) is 7.11 Å². The van der Waals surface area contributed by atoms with Crippen molar-refractivity contribution >= 4 is 0 Å². The molecule has 0 aliphatic rings. The van der Waals surface area contributed by atoms with Crippen molar-refractivity contribution in [1.29, 1.82) is 5.26 Å². The number of benzene rings is 2. The number of ether oxygens (including phenoxy) is 1. The summed E-state index contributed by atoms with van der Waals surface area (Å²) in [6.45, 7) is 2.01. The van der Waals surface area contributed by atoms with Crippen molar-refractivity contribution in [1.82, 2.24) is 15.2 Å². The second-order valence-corrected chi connectivity index (χ2v) is 5.04. The van der Waals surface area contributed by atoms with E-state index in [0.29, 0.717) is 11.5 Å². The summed E-state index contributed by atoms with van der Waals surface area (Å²) < 4.78 is 5.13. The Balaban J connectivity index is 2.02. The van der Waals surface area contributed by atoms with Gasteiger partial charge in [-0.3, -0.25) is 0 Å². The molecule has 0 N–H and O–H groups in total. The van der Waals surface area contributed by atoms with Gasteiger partial charge in [-0.25, -0.2) is 4.98 Å². The Labute approximate surface area is 134 Å². The molecule has 0 aliphatic carbocycles. The summed E-state index contributed by atoms with van der Waals surface area (Å²) in [5.74, 6) is 1.17. The van der Waals surface area contributed by atoms with Crippen molar-refractivity contribution in [2.24, 2.45) is 0 Å². The quantitative estimate of drug-likeness (QED) is 0.741. The Morgan fingerprint density at radius 2 is 1.57 bits per heavy atom. The van der Waals surface area contributed by atoms with Gasteiger partial charge in [0.05, 0.1) is 7.11 Å². The summed E-state index contributed by atoms with van der Waals surface area (Å²) in [5, 5.41) is 17.7. The second-order valence-electron chi connectivity index (χ2n) is 5.04. The molecule has 2 aromatic carbocycles. The van der Waals surface area contributed by atoms with E-state index < -0.39 is 0 Å². The second kappa shape index (κ2) is 6.24. The highest BCUT2D eigenvalue weighted by Gasteiger charge is 2.12. The zero-order valence-corrected chi connectivity index (χ0v) is 12.8. The molecule has 3 rings (SSSR count). The van der Waals surface area contributed by atoms with Crippen LogP contribution in [0.5, 0.6) is 5.75 Å². The summed E-state index contributed by atoms with van der Waals surface area (Å²) in [6, 6.07) is 17.2. The molecule has 0 saturated heterocycles. The van der Waals surface area contributed by atoms with Crippen molar-refractivity contribution in [3.8, 4) is 34.5 Å². The van der Waals surface area contributed by atoms with E-state index in [1.165, 1.54) is 0 Å². The molecule has 0 bridgehead atoms. The van der Waals surface area contributed by atoms with Crippen LogP contribution in [0.2, 0.25) is 0 Å². The monoisotopic (exact) mass is 302 g/mol. The van der Waals surface area contributed by atoms with E-state index in [2.05, 4.69) is 21.3 Å². The van der Waals surface area contributed by atoms with E-state index in [9.17, 15) is 5.26 Å². The minimum atomic E-state index is 0.259. The SMILES string of the molecule is COc1ccc(-c2nnc(-c3ccc(C)cc3)c(C#N)n2)cc1. The predicted octanol–water partition coefficient (Wildman–Crippen LogP) is 3.39. The van der Waals surface area contributed by atoms with Crippen molar-refractivity contribution in [2.75, 3.05) is 7.11 Å². The molecule has 112 valence electrons. The highest BCUT2D eigenvalue weighted by molar-refractivity contribution is 5.66. The van der Waals surface area contributed by atoms with Gasteiger partial charge in [0.15, 0.2) is 11.5 Å². The molecule has 1 heterocycles. The number of hydrogen-bond donors (Lipinski definition) is 0. The zero-order valence-electron chi connectivity index (χ0n) is 12.8. The highest BCUT2D eigenvalue weighted by Crippen LogP contribution is 2.23. The molecular weight excluding hydrogens is 288 g/mol. The lowest BCUT2D eigenvalue weighted by molar-refractivity contribution is 0.415. The molecule has 0 saturated carbocycles. The summed E-state index contributed by atoms with van der Waals surface area (Å²) >= 11 is 0. The number of rotatable bonds is 3. The van der Waals surface area contributed by atoms with Crippen LogP contribution in [0.3, 0.4) is 0 Å². The van der Waals surface area contributed by atoms with Gasteiger partial charge in [0, 0.05) is 11.1 Å². The number of methoxy groups -OCH3 is 1. The normalized spacial score (nSPS) is 10.1. The fraction of sp³-hybridized carbons (Fsp3) is 0.111. The fourth-order valence-corrected chi connectivity index (χ4v) is 2.17. The van der Waals surface area contributed by atoms with Gasteiger partial charge in [-0.15, -0.1) is 10.2 Å². The molecule has 0 radical (unpaired) electrons. The summed E-state index contributed by atoms with van der Waals surface area (Å²) in [7, 11) is 1.61. The van der Waals surface area contributed by atoms with Crippen LogP contribution in [-0.4, -0.2) is 22.3 Å². The molecule has 0 spiro atoms. The maximum atomic E-state index is 9.39. The molecule has 0 unspecified atom stereocenters. The molecule has 0 atom stereocenters. The number of aromatic nitrogens is 3. The van der Waals surface area contributed by atoms with Crippen LogP contribution in [0, 0.1) is 18.3 Å². The minimum Gasteiger partial charge on any atom is -0.497 e. The third-order valence-electron chi connectivity index (χ3n) is 3.47. The van der Waals surface area contributed by atoms with Crippen molar-refractivity contribution < 1.29 is 4.74 Å². The van der Waals surface area contributed by atoms with Gasteiger partial charge >= 0.3 is 0 Å². The molecule has 23 heavy (non-hydrogen) atoms. The van der Waals surface area contributed by atoms with Gasteiger partial charge in [-0.05, 0) is 31.2 Å². The average molecular weight is 302 g/mol. The van der Waals surface area contributed by atoms with Crippen molar-refractivity contribution in [3.63, 3.8) is 0 Å². The molecular formula is C18H14N4O. The van der Waals surface area contributed by atoms with Gasteiger partial charge in [0.1, 0.15) is 17.5 Å². The number of nitriles is 1. The third-order valence-corrected chi connectivity index (χ3v) is 3.47. The first-order chi connectivity index (χ1) is 11.2. The zero-order chi connectivity index (χ0) is 16.2. The van der Waals surface area contributed by atoms with Crippen LogP contribution in [0.25, 0.3) is 22.6 Å².